The molecular weight excluding hydrogens is 138 g/mol. The van der Waals surface area contributed by atoms with E-state index in [9.17, 15) is 8.78 Å². The van der Waals surface area contributed by atoms with Gasteiger partial charge in [-0.15, -0.1) is 0 Å². The monoisotopic (exact) mass is 150 g/mol. The quantitative estimate of drug-likeness (QED) is 0.599. The van der Waals surface area contributed by atoms with E-state index in [2.05, 4.69) is 0 Å². The van der Waals surface area contributed by atoms with Crippen molar-refractivity contribution in [2.24, 2.45) is 0 Å². The van der Waals surface area contributed by atoms with Crippen LogP contribution < -0.4 is 0 Å². The van der Waals surface area contributed by atoms with E-state index < -0.39 is 12.0 Å². The highest BCUT2D eigenvalue weighted by Crippen LogP contribution is 2.45. The first-order chi connectivity index (χ1) is 4.57. The molecule has 1 aliphatic carbocycles. The molecule has 3 heteroatoms. The Balaban J connectivity index is 2.38. The Hall–Kier alpha value is -0.180. The minimum Gasteiger partial charge on any atom is -0.366 e. The van der Waals surface area contributed by atoms with E-state index in [-0.39, 0.29) is 6.10 Å². The van der Waals surface area contributed by atoms with Crippen LogP contribution in [-0.4, -0.2) is 18.1 Å². The minimum absolute atomic E-state index is 0.0866. The van der Waals surface area contributed by atoms with Crippen LogP contribution in [0.5, 0.6) is 0 Å². The van der Waals surface area contributed by atoms with Crippen molar-refractivity contribution in [3.8, 4) is 0 Å². The molecular formula is C7H12F2O. The molecule has 1 nitrogen and oxygen atoms in total. The lowest BCUT2D eigenvalue weighted by Gasteiger charge is -2.17. The first-order valence-electron chi connectivity index (χ1n) is 3.53. The highest BCUT2D eigenvalue weighted by Gasteiger charge is 2.53. The van der Waals surface area contributed by atoms with Gasteiger partial charge in [-0.3, -0.25) is 0 Å². The molecule has 0 unspecified atom stereocenters. The maximum Gasteiger partial charge on any atom is 0.267 e. The average molecular weight is 150 g/mol. The second-order valence-corrected chi connectivity index (χ2v) is 3.03. The molecule has 0 aromatic rings. The number of hydrogen-bond acceptors (Lipinski definition) is 1. The molecule has 1 rings (SSSR count). The van der Waals surface area contributed by atoms with Crippen LogP contribution in [-0.2, 0) is 4.74 Å². The maximum atomic E-state index is 12.1. The van der Waals surface area contributed by atoms with Crippen LogP contribution >= 0.6 is 0 Å². The van der Waals surface area contributed by atoms with Gasteiger partial charge in [0.1, 0.15) is 5.60 Å². The molecule has 1 fully saturated rings. The Labute approximate surface area is 59.4 Å². The maximum absolute atomic E-state index is 12.1. The largest absolute Gasteiger partial charge is 0.366 e. The van der Waals surface area contributed by atoms with Gasteiger partial charge in [0.15, 0.2) is 0 Å². The SMILES string of the molecule is CC(C)OC1(C(F)F)CC1. The van der Waals surface area contributed by atoms with E-state index >= 15 is 0 Å². The van der Waals surface area contributed by atoms with Gasteiger partial charge in [-0.05, 0) is 26.7 Å². The van der Waals surface area contributed by atoms with E-state index in [0.29, 0.717) is 12.8 Å². The molecule has 1 aliphatic rings. The molecule has 0 atom stereocenters. The summed E-state index contributed by atoms with van der Waals surface area (Å²) in [6, 6.07) is 0. The summed E-state index contributed by atoms with van der Waals surface area (Å²) in [6.45, 7) is 3.56. The summed E-state index contributed by atoms with van der Waals surface area (Å²) < 4.78 is 29.3. The van der Waals surface area contributed by atoms with Crippen LogP contribution in [0.15, 0.2) is 0 Å². The van der Waals surface area contributed by atoms with Gasteiger partial charge in [-0.25, -0.2) is 8.78 Å². The fraction of sp³-hybridized carbons (Fsp3) is 1.00. The molecule has 0 spiro atoms. The fourth-order valence-corrected chi connectivity index (χ4v) is 0.980. The molecule has 0 radical (unpaired) electrons. The highest BCUT2D eigenvalue weighted by atomic mass is 19.3. The molecule has 1 saturated carbocycles. The Kier molecular flexibility index (Phi) is 1.95. The van der Waals surface area contributed by atoms with Crippen molar-refractivity contribution in [2.75, 3.05) is 0 Å². The topological polar surface area (TPSA) is 9.23 Å². The molecule has 0 aliphatic heterocycles. The van der Waals surface area contributed by atoms with Crippen molar-refractivity contribution in [1.82, 2.24) is 0 Å². The molecule has 10 heavy (non-hydrogen) atoms. The van der Waals surface area contributed by atoms with Crippen LogP contribution in [0.3, 0.4) is 0 Å². The van der Waals surface area contributed by atoms with Gasteiger partial charge in [-0.2, -0.15) is 0 Å². The van der Waals surface area contributed by atoms with Crippen molar-refractivity contribution in [3.05, 3.63) is 0 Å². The first kappa shape index (κ1) is 7.92. The third kappa shape index (κ3) is 1.45. The number of halogens is 2. The lowest BCUT2D eigenvalue weighted by molar-refractivity contribution is -0.0996. The zero-order chi connectivity index (χ0) is 7.78. The molecule has 0 saturated heterocycles. The second-order valence-electron chi connectivity index (χ2n) is 3.03. The van der Waals surface area contributed by atoms with Gasteiger partial charge in [0.2, 0.25) is 0 Å². The summed E-state index contributed by atoms with van der Waals surface area (Å²) in [5, 5.41) is 0. The predicted molar refractivity (Wildman–Crippen MR) is 34.2 cm³/mol. The molecule has 0 N–H and O–H groups in total. The van der Waals surface area contributed by atoms with Gasteiger partial charge in [0.25, 0.3) is 6.43 Å². The summed E-state index contributed by atoms with van der Waals surface area (Å²) in [4.78, 5) is 0. The first-order valence-corrected chi connectivity index (χ1v) is 3.53. The second kappa shape index (κ2) is 2.46. The number of hydrogen-bond donors (Lipinski definition) is 0. The van der Waals surface area contributed by atoms with Gasteiger partial charge in [0.05, 0.1) is 6.10 Å². The molecule has 0 aromatic heterocycles. The van der Waals surface area contributed by atoms with Crippen LogP contribution in [0.25, 0.3) is 0 Å². The van der Waals surface area contributed by atoms with Gasteiger partial charge >= 0.3 is 0 Å². The Morgan fingerprint density at radius 1 is 1.30 bits per heavy atom. The van der Waals surface area contributed by atoms with Crippen molar-refractivity contribution < 1.29 is 13.5 Å². The molecule has 0 amide bonds. The Morgan fingerprint density at radius 3 is 1.90 bits per heavy atom. The van der Waals surface area contributed by atoms with Crippen molar-refractivity contribution in [1.29, 1.82) is 0 Å². The molecule has 0 heterocycles. The van der Waals surface area contributed by atoms with Crippen LogP contribution in [0.2, 0.25) is 0 Å². The zero-order valence-electron chi connectivity index (χ0n) is 6.23. The van der Waals surface area contributed by atoms with Crippen molar-refractivity contribution in [3.63, 3.8) is 0 Å². The Morgan fingerprint density at radius 2 is 1.80 bits per heavy atom. The van der Waals surface area contributed by atoms with Crippen molar-refractivity contribution in [2.45, 2.75) is 44.8 Å². The van der Waals surface area contributed by atoms with Crippen LogP contribution in [0.1, 0.15) is 26.7 Å². The number of ether oxygens (including phenoxy) is 1. The number of rotatable bonds is 3. The van der Waals surface area contributed by atoms with Gasteiger partial charge in [0, 0.05) is 0 Å². The third-order valence-electron chi connectivity index (χ3n) is 1.61. The normalized spacial score (nSPS) is 22.2. The lowest BCUT2D eigenvalue weighted by Crippen LogP contribution is -2.27. The van der Waals surface area contributed by atoms with E-state index in [4.69, 9.17) is 4.74 Å². The smallest absolute Gasteiger partial charge is 0.267 e. The Bertz CT molecular complexity index is 119. The summed E-state index contributed by atoms with van der Waals surface area (Å²) in [7, 11) is 0. The van der Waals surface area contributed by atoms with E-state index in [1.807, 2.05) is 0 Å². The number of alkyl halides is 2. The lowest BCUT2D eigenvalue weighted by atomic mass is 10.3. The van der Waals surface area contributed by atoms with Crippen molar-refractivity contribution >= 4 is 0 Å². The summed E-state index contributed by atoms with van der Waals surface area (Å²) >= 11 is 0. The zero-order valence-corrected chi connectivity index (χ0v) is 6.23. The summed E-state index contributed by atoms with van der Waals surface area (Å²) in [5.74, 6) is 0. The van der Waals surface area contributed by atoms with Gasteiger partial charge < -0.3 is 4.74 Å². The standard InChI is InChI=1S/C7H12F2O/c1-5(2)10-7(3-4-7)6(8)9/h5-6H,3-4H2,1-2H3. The average Bonchev–Trinajstić information content (AvgIpc) is 2.46. The predicted octanol–water partition coefficient (Wildman–Crippen LogP) is 2.21. The molecule has 0 bridgehead atoms. The van der Waals surface area contributed by atoms with Crippen LogP contribution in [0, 0.1) is 0 Å². The fourth-order valence-electron chi connectivity index (χ4n) is 0.980. The highest BCUT2D eigenvalue weighted by molar-refractivity contribution is 4.98. The molecule has 60 valence electrons. The van der Waals surface area contributed by atoms with Crippen LogP contribution in [0.4, 0.5) is 8.78 Å². The summed E-state index contributed by atoms with van der Waals surface area (Å²) in [6.07, 6.45) is -1.36. The third-order valence-corrected chi connectivity index (χ3v) is 1.61. The van der Waals surface area contributed by atoms with E-state index in [0.717, 1.165) is 0 Å². The van der Waals surface area contributed by atoms with E-state index in [1.54, 1.807) is 13.8 Å². The minimum atomic E-state index is -2.31. The van der Waals surface area contributed by atoms with Gasteiger partial charge in [-0.1, -0.05) is 0 Å². The van der Waals surface area contributed by atoms with E-state index in [1.165, 1.54) is 0 Å². The summed E-state index contributed by atoms with van der Waals surface area (Å²) in [5.41, 5.74) is -1.06. The molecule has 0 aromatic carbocycles.